The molecule has 1 amide bonds. The number of hydrogen-bond acceptors (Lipinski definition) is 4. The predicted molar refractivity (Wildman–Crippen MR) is 78.3 cm³/mol. The van der Waals surface area contributed by atoms with Gasteiger partial charge in [-0.2, -0.15) is 0 Å². The first-order valence-corrected chi connectivity index (χ1v) is 7.25. The molecule has 20 heavy (non-hydrogen) atoms. The van der Waals surface area contributed by atoms with Crippen LogP contribution in [-0.4, -0.2) is 40.1 Å². The van der Waals surface area contributed by atoms with E-state index in [1.54, 1.807) is 17.9 Å². The molecule has 0 spiro atoms. The zero-order valence-electron chi connectivity index (χ0n) is 12.2. The fraction of sp³-hybridized carbons (Fsp3) is 0.600. The molecule has 3 N–H and O–H groups in total. The molecule has 1 fully saturated rings. The van der Waals surface area contributed by atoms with E-state index in [9.17, 15) is 9.90 Å². The van der Waals surface area contributed by atoms with Crippen LogP contribution in [-0.2, 0) is 6.42 Å². The molecule has 0 aliphatic carbocycles. The maximum absolute atomic E-state index is 12.5. The maximum atomic E-state index is 12.5. The third-order valence-corrected chi connectivity index (χ3v) is 3.85. The van der Waals surface area contributed by atoms with Crippen molar-refractivity contribution in [3.8, 4) is 0 Å². The van der Waals surface area contributed by atoms with Crippen molar-refractivity contribution in [1.29, 1.82) is 0 Å². The number of aliphatic hydroxyl groups is 1. The van der Waals surface area contributed by atoms with Gasteiger partial charge in [0.25, 0.3) is 5.91 Å². The SMILES string of the molecule is CCCc1cc(C(=O)N2CCC(C(C)O)C2)cc(N)n1. The Morgan fingerprint density at radius 3 is 2.95 bits per heavy atom. The number of pyridine rings is 1. The predicted octanol–water partition coefficient (Wildman–Crippen LogP) is 1.46. The summed E-state index contributed by atoms with van der Waals surface area (Å²) in [5.41, 5.74) is 7.25. The Morgan fingerprint density at radius 2 is 2.35 bits per heavy atom. The Morgan fingerprint density at radius 1 is 1.60 bits per heavy atom. The van der Waals surface area contributed by atoms with E-state index in [-0.39, 0.29) is 17.9 Å². The van der Waals surface area contributed by atoms with E-state index in [2.05, 4.69) is 11.9 Å². The van der Waals surface area contributed by atoms with Gasteiger partial charge in [0, 0.05) is 30.3 Å². The maximum Gasteiger partial charge on any atom is 0.254 e. The van der Waals surface area contributed by atoms with Crippen LogP contribution in [0.5, 0.6) is 0 Å². The van der Waals surface area contributed by atoms with E-state index < -0.39 is 0 Å². The van der Waals surface area contributed by atoms with Crippen molar-refractivity contribution in [3.05, 3.63) is 23.4 Å². The van der Waals surface area contributed by atoms with Crippen LogP contribution in [0.15, 0.2) is 12.1 Å². The van der Waals surface area contributed by atoms with Crippen LogP contribution >= 0.6 is 0 Å². The van der Waals surface area contributed by atoms with Crippen molar-refractivity contribution in [2.45, 2.75) is 39.2 Å². The number of amides is 1. The van der Waals surface area contributed by atoms with Crippen LogP contribution in [0.25, 0.3) is 0 Å². The van der Waals surface area contributed by atoms with E-state index >= 15 is 0 Å². The number of nitrogens with zero attached hydrogens (tertiary/aromatic N) is 2. The molecule has 0 radical (unpaired) electrons. The summed E-state index contributed by atoms with van der Waals surface area (Å²) in [6, 6.07) is 3.47. The Balaban J connectivity index is 2.13. The molecule has 0 bridgehead atoms. The van der Waals surface area contributed by atoms with E-state index in [1.807, 2.05) is 6.07 Å². The van der Waals surface area contributed by atoms with Crippen LogP contribution in [0.2, 0.25) is 0 Å². The number of aromatic nitrogens is 1. The minimum Gasteiger partial charge on any atom is -0.393 e. The summed E-state index contributed by atoms with van der Waals surface area (Å²) in [5.74, 6) is 0.554. The highest BCUT2D eigenvalue weighted by atomic mass is 16.3. The van der Waals surface area contributed by atoms with Crippen LogP contribution < -0.4 is 5.73 Å². The first kappa shape index (κ1) is 14.8. The molecule has 110 valence electrons. The van der Waals surface area contributed by atoms with Gasteiger partial charge in [-0.3, -0.25) is 4.79 Å². The molecule has 1 aromatic rings. The molecular formula is C15H23N3O2. The molecule has 5 nitrogen and oxygen atoms in total. The van der Waals surface area contributed by atoms with Crippen molar-refractivity contribution in [3.63, 3.8) is 0 Å². The van der Waals surface area contributed by atoms with Crippen molar-refractivity contribution in [2.24, 2.45) is 5.92 Å². The molecule has 1 aliphatic rings. The van der Waals surface area contributed by atoms with Gasteiger partial charge in [0.2, 0.25) is 0 Å². The number of rotatable bonds is 4. The lowest BCUT2D eigenvalue weighted by Crippen LogP contribution is -2.30. The van der Waals surface area contributed by atoms with Gasteiger partial charge in [-0.15, -0.1) is 0 Å². The molecular weight excluding hydrogens is 254 g/mol. The van der Waals surface area contributed by atoms with Gasteiger partial charge in [-0.25, -0.2) is 4.98 Å². The number of aliphatic hydroxyl groups excluding tert-OH is 1. The molecule has 2 unspecified atom stereocenters. The van der Waals surface area contributed by atoms with Gasteiger partial charge in [0.1, 0.15) is 5.82 Å². The third kappa shape index (κ3) is 3.28. The normalized spacial score (nSPS) is 20.1. The summed E-state index contributed by atoms with van der Waals surface area (Å²) in [7, 11) is 0. The third-order valence-electron chi connectivity index (χ3n) is 3.85. The number of likely N-dealkylation sites (tertiary alicyclic amines) is 1. The van der Waals surface area contributed by atoms with Gasteiger partial charge >= 0.3 is 0 Å². The molecule has 2 heterocycles. The van der Waals surface area contributed by atoms with Crippen LogP contribution in [0.3, 0.4) is 0 Å². The molecule has 1 aliphatic heterocycles. The van der Waals surface area contributed by atoms with Gasteiger partial charge in [-0.1, -0.05) is 13.3 Å². The van der Waals surface area contributed by atoms with Gasteiger partial charge in [0.05, 0.1) is 6.10 Å². The monoisotopic (exact) mass is 277 g/mol. The fourth-order valence-corrected chi connectivity index (χ4v) is 2.67. The van der Waals surface area contributed by atoms with Gasteiger partial charge in [0.15, 0.2) is 0 Å². The summed E-state index contributed by atoms with van der Waals surface area (Å²) in [4.78, 5) is 18.5. The Labute approximate surface area is 119 Å². The van der Waals surface area contributed by atoms with E-state index in [4.69, 9.17) is 5.73 Å². The fourth-order valence-electron chi connectivity index (χ4n) is 2.67. The number of carbonyl (C=O) groups is 1. The summed E-state index contributed by atoms with van der Waals surface area (Å²) in [5, 5.41) is 9.61. The highest BCUT2D eigenvalue weighted by Crippen LogP contribution is 2.22. The molecule has 2 atom stereocenters. The number of nitrogens with two attached hydrogens (primary N) is 1. The molecule has 5 heteroatoms. The Kier molecular flexibility index (Phi) is 4.60. The number of nitrogen functional groups attached to an aromatic ring is 1. The average molecular weight is 277 g/mol. The number of anilines is 1. The first-order valence-electron chi connectivity index (χ1n) is 7.25. The molecule has 0 aromatic carbocycles. The largest absolute Gasteiger partial charge is 0.393 e. The zero-order valence-corrected chi connectivity index (χ0v) is 12.2. The Bertz CT molecular complexity index is 488. The minimum atomic E-state index is -0.369. The lowest BCUT2D eigenvalue weighted by molar-refractivity contribution is 0.0762. The van der Waals surface area contributed by atoms with Crippen LogP contribution in [0, 0.1) is 5.92 Å². The number of hydrogen-bond donors (Lipinski definition) is 2. The standard InChI is InChI=1S/C15H23N3O2/c1-3-4-13-7-12(8-14(16)17-13)15(20)18-6-5-11(9-18)10(2)19/h7-8,10-11,19H,3-6,9H2,1-2H3,(H2,16,17). The summed E-state index contributed by atoms with van der Waals surface area (Å²) in [6.45, 7) is 5.16. The van der Waals surface area contributed by atoms with Crippen molar-refractivity contribution >= 4 is 11.7 Å². The zero-order chi connectivity index (χ0) is 14.7. The summed E-state index contributed by atoms with van der Waals surface area (Å²) >= 11 is 0. The van der Waals surface area contributed by atoms with Crippen molar-refractivity contribution in [1.82, 2.24) is 9.88 Å². The average Bonchev–Trinajstić information content (AvgIpc) is 2.87. The smallest absolute Gasteiger partial charge is 0.254 e. The summed E-state index contributed by atoms with van der Waals surface area (Å²) < 4.78 is 0. The number of carbonyl (C=O) groups excluding carboxylic acids is 1. The van der Waals surface area contributed by atoms with Gasteiger partial charge in [-0.05, 0) is 31.9 Å². The lowest BCUT2D eigenvalue weighted by Gasteiger charge is -2.18. The van der Waals surface area contributed by atoms with Crippen LogP contribution in [0.1, 0.15) is 42.7 Å². The molecule has 1 saturated heterocycles. The topological polar surface area (TPSA) is 79.5 Å². The van der Waals surface area contributed by atoms with Crippen molar-refractivity contribution in [2.75, 3.05) is 18.8 Å². The molecule has 2 rings (SSSR count). The van der Waals surface area contributed by atoms with E-state index in [0.29, 0.717) is 24.5 Å². The van der Waals surface area contributed by atoms with Gasteiger partial charge < -0.3 is 15.7 Å². The highest BCUT2D eigenvalue weighted by Gasteiger charge is 2.29. The quantitative estimate of drug-likeness (QED) is 0.873. The van der Waals surface area contributed by atoms with Crippen LogP contribution in [0.4, 0.5) is 5.82 Å². The molecule has 0 saturated carbocycles. The molecule has 1 aromatic heterocycles. The van der Waals surface area contributed by atoms with E-state index in [0.717, 1.165) is 25.0 Å². The Hall–Kier alpha value is -1.62. The van der Waals surface area contributed by atoms with Crippen molar-refractivity contribution < 1.29 is 9.90 Å². The first-order chi connectivity index (χ1) is 9.51. The second-order valence-corrected chi connectivity index (χ2v) is 5.56. The highest BCUT2D eigenvalue weighted by molar-refractivity contribution is 5.95. The number of aryl methyl sites for hydroxylation is 1. The minimum absolute atomic E-state index is 0.0143. The lowest BCUT2D eigenvalue weighted by atomic mass is 10.0. The second-order valence-electron chi connectivity index (χ2n) is 5.56. The van der Waals surface area contributed by atoms with E-state index in [1.165, 1.54) is 0 Å². The second kappa shape index (κ2) is 6.22. The summed E-state index contributed by atoms with van der Waals surface area (Å²) in [6.07, 6.45) is 2.27.